The van der Waals surface area contributed by atoms with E-state index < -0.39 is 11.7 Å². The molecule has 0 bridgehead atoms. The van der Waals surface area contributed by atoms with Gasteiger partial charge in [0.15, 0.2) is 0 Å². The van der Waals surface area contributed by atoms with Crippen LogP contribution >= 0.6 is 0 Å². The molecule has 2 nitrogen and oxygen atoms in total. The lowest BCUT2D eigenvalue weighted by Gasteiger charge is -2.15. The molecule has 0 aliphatic heterocycles. The molecule has 1 aromatic rings. The number of nitrogens with one attached hydrogen (secondary N) is 1. The van der Waals surface area contributed by atoms with Gasteiger partial charge in [-0.15, -0.1) is 6.58 Å². The van der Waals surface area contributed by atoms with E-state index in [0.717, 1.165) is 25.1 Å². The first kappa shape index (κ1) is 13.7. The van der Waals surface area contributed by atoms with Crippen molar-refractivity contribution in [2.45, 2.75) is 25.1 Å². The van der Waals surface area contributed by atoms with Crippen molar-refractivity contribution in [1.82, 2.24) is 10.3 Å². The molecule has 94 valence electrons. The molecule has 1 N–H and O–H groups in total. The molecule has 0 radical (unpaired) electrons. The zero-order chi connectivity index (χ0) is 12.9. The Labute approximate surface area is 98.6 Å². The minimum atomic E-state index is -4.33. The predicted molar refractivity (Wildman–Crippen MR) is 60.5 cm³/mol. The van der Waals surface area contributed by atoms with Gasteiger partial charge in [-0.3, -0.25) is 4.98 Å². The van der Waals surface area contributed by atoms with Gasteiger partial charge in [0.25, 0.3) is 0 Å². The fraction of sp³-hybridized carbons (Fsp3) is 0.417. The highest BCUT2D eigenvalue weighted by molar-refractivity contribution is 5.19. The summed E-state index contributed by atoms with van der Waals surface area (Å²) in [5.41, 5.74) is -0.109. The molecule has 1 atom stereocenters. The molecule has 1 heterocycles. The summed E-state index contributed by atoms with van der Waals surface area (Å²) in [6.45, 7) is 3.61. The minimum absolute atomic E-state index is 0.0460. The molecule has 0 saturated carbocycles. The first-order valence-corrected chi connectivity index (χ1v) is 5.30. The second-order valence-electron chi connectivity index (χ2n) is 3.68. The van der Waals surface area contributed by atoms with Crippen LogP contribution in [0.4, 0.5) is 13.2 Å². The molecule has 17 heavy (non-hydrogen) atoms. The molecular weight excluding hydrogens is 229 g/mol. The van der Waals surface area contributed by atoms with Gasteiger partial charge in [-0.25, -0.2) is 0 Å². The number of rotatable bonds is 5. The molecular formula is C12H15F3N2. The molecule has 0 saturated heterocycles. The smallest absolute Gasteiger partial charge is 0.312 e. The molecule has 1 unspecified atom stereocenters. The van der Waals surface area contributed by atoms with Crippen LogP contribution in [0.3, 0.4) is 0 Å². The Bertz CT molecular complexity index is 357. The van der Waals surface area contributed by atoms with Gasteiger partial charge in [-0.1, -0.05) is 6.08 Å². The van der Waals surface area contributed by atoms with Crippen LogP contribution in [0.15, 0.2) is 31.0 Å². The van der Waals surface area contributed by atoms with Crippen LogP contribution in [0.25, 0.3) is 0 Å². The molecule has 0 aromatic carbocycles. The van der Waals surface area contributed by atoms with Crippen molar-refractivity contribution in [3.8, 4) is 0 Å². The van der Waals surface area contributed by atoms with E-state index in [2.05, 4.69) is 16.9 Å². The Balaban J connectivity index is 2.81. The Morgan fingerprint density at radius 2 is 2.18 bits per heavy atom. The largest absolute Gasteiger partial charge is 0.417 e. The first-order chi connectivity index (χ1) is 7.99. The summed E-state index contributed by atoms with van der Waals surface area (Å²) < 4.78 is 37.0. The fourth-order valence-corrected chi connectivity index (χ4v) is 1.50. The average molecular weight is 244 g/mol. The first-order valence-electron chi connectivity index (χ1n) is 5.30. The van der Waals surface area contributed by atoms with E-state index in [-0.39, 0.29) is 6.04 Å². The molecule has 0 spiro atoms. The molecule has 0 amide bonds. The Hall–Kier alpha value is -1.36. The second-order valence-corrected chi connectivity index (χ2v) is 3.68. The van der Waals surface area contributed by atoms with E-state index >= 15 is 0 Å². The van der Waals surface area contributed by atoms with E-state index in [1.54, 1.807) is 13.1 Å². The SMILES string of the molecule is C=CCCC(NC)c1ccc(C(F)(F)F)cn1. The van der Waals surface area contributed by atoms with Crippen LogP contribution in [0.2, 0.25) is 0 Å². The maximum absolute atomic E-state index is 12.3. The van der Waals surface area contributed by atoms with Gasteiger partial charge in [-0.05, 0) is 32.0 Å². The summed E-state index contributed by atoms with van der Waals surface area (Å²) in [5, 5.41) is 3.02. The van der Waals surface area contributed by atoms with Gasteiger partial charge in [0.1, 0.15) is 0 Å². The van der Waals surface area contributed by atoms with Gasteiger partial charge in [0.2, 0.25) is 0 Å². The van der Waals surface area contributed by atoms with Crippen molar-refractivity contribution in [2.24, 2.45) is 0 Å². The minimum Gasteiger partial charge on any atom is -0.312 e. The van der Waals surface area contributed by atoms with Crippen molar-refractivity contribution in [2.75, 3.05) is 7.05 Å². The third kappa shape index (κ3) is 3.85. The van der Waals surface area contributed by atoms with Crippen molar-refractivity contribution in [3.63, 3.8) is 0 Å². The van der Waals surface area contributed by atoms with Crippen LogP contribution in [0, 0.1) is 0 Å². The molecule has 5 heteroatoms. The van der Waals surface area contributed by atoms with Crippen LogP contribution in [0.5, 0.6) is 0 Å². The number of halogens is 3. The maximum Gasteiger partial charge on any atom is 0.417 e. The molecule has 0 aliphatic rings. The van der Waals surface area contributed by atoms with E-state index in [4.69, 9.17) is 0 Å². The lowest BCUT2D eigenvalue weighted by molar-refractivity contribution is -0.137. The van der Waals surface area contributed by atoms with Crippen molar-refractivity contribution >= 4 is 0 Å². The highest BCUT2D eigenvalue weighted by Gasteiger charge is 2.30. The van der Waals surface area contributed by atoms with Crippen molar-refractivity contribution in [1.29, 1.82) is 0 Å². The predicted octanol–water partition coefficient (Wildman–Crippen LogP) is 3.33. The summed E-state index contributed by atoms with van der Waals surface area (Å²) in [4.78, 5) is 3.85. The summed E-state index contributed by atoms with van der Waals surface area (Å²) in [6, 6.07) is 2.42. The van der Waals surface area contributed by atoms with Gasteiger partial charge in [0.05, 0.1) is 11.3 Å². The monoisotopic (exact) mass is 244 g/mol. The number of pyridine rings is 1. The van der Waals surface area contributed by atoms with Gasteiger partial charge in [-0.2, -0.15) is 13.2 Å². The number of hydrogen-bond donors (Lipinski definition) is 1. The highest BCUT2D eigenvalue weighted by atomic mass is 19.4. The maximum atomic E-state index is 12.3. The standard InChI is InChI=1S/C12H15F3N2/c1-3-4-5-10(16-2)11-7-6-9(8-17-11)12(13,14)15/h3,6-8,10,16H,1,4-5H2,2H3. The molecule has 1 rings (SSSR count). The average Bonchev–Trinajstić information content (AvgIpc) is 2.29. The highest BCUT2D eigenvalue weighted by Crippen LogP contribution is 2.29. The van der Waals surface area contributed by atoms with Crippen molar-refractivity contribution < 1.29 is 13.2 Å². The lowest BCUT2D eigenvalue weighted by atomic mass is 10.1. The molecule has 0 fully saturated rings. The van der Waals surface area contributed by atoms with E-state index in [1.165, 1.54) is 6.07 Å². The van der Waals surface area contributed by atoms with E-state index in [9.17, 15) is 13.2 Å². The third-order valence-electron chi connectivity index (χ3n) is 2.48. The second kappa shape index (κ2) is 5.82. The van der Waals surface area contributed by atoms with Gasteiger partial charge < -0.3 is 5.32 Å². The Morgan fingerprint density at radius 3 is 2.59 bits per heavy atom. The number of aromatic nitrogens is 1. The normalized spacial score (nSPS) is 13.4. The van der Waals surface area contributed by atoms with E-state index in [1.807, 2.05) is 0 Å². The zero-order valence-corrected chi connectivity index (χ0v) is 9.59. The van der Waals surface area contributed by atoms with Crippen LogP contribution in [-0.4, -0.2) is 12.0 Å². The summed E-state index contributed by atoms with van der Waals surface area (Å²) in [7, 11) is 1.76. The summed E-state index contributed by atoms with van der Waals surface area (Å²) in [6.07, 6.45) is -0.142. The van der Waals surface area contributed by atoms with Crippen LogP contribution in [0.1, 0.15) is 30.1 Å². The topological polar surface area (TPSA) is 24.9 Å². The number of allylic oxidation sites excluding steroid dienone is 1. The van der Waals surface area contributed by atoms with Gasteiger partial charge >= 0.3 is 6.18 Å². The van der Waals surface area contributed by atoms with Crippen molar-refractivity contribution in [3.05, 3.63) is 42.2 Å². The number of hydrogen-bond acceptors (Lipinski definition) is 2. The lowest BCUT2D eigenvalue weighted by Crippen LogP contribution is -2.18. The van der Waals surface area contributed by atoms with E-state index in [0.29, 0.717) is 5.69 Å². The van der Waals surface area contributed by atoms with Crippen LogP contribution < -0.4 is 5.32 Å². The summed E-state index contributed by atoms with van der Waals surface area (Å²) in [5.74, 6) is 0. The van der Waals surface area contributed by atoms with Gasteiger partial charge in [0, 0.05) is 12.2 Å². The summed E-state index contributed by atoms with van der Waals surface area (Å²) >= 11 is 0. The fourth-order valence-electron chi connectivity index (χ4n) is 1.50. The molecule has 0 aliphatic carbocycles. The third-order valence-corrected chi connectivity index (χ3v) is 2.48. The number of nitrogens with zero attached hydrogens (tertiary/aromatic N) is 1. The quantitative estimate of drug-likeness (QED) is 0.804. The van der Waals surface area contributed by atoms with Crippen LogP contribution in [-0.2, 0) is 6.18 Å². The Kier molecular flexibility index (Phi) is 4.69. The molecule has 1 aromatic heterocycles. The number of alkyl halides is 3. The Morgan fingerprint density at radius 1 is 1.47 bits per heavy atom. The zero-order valence-electron chi connectivity index (χ0n) is 9.59.